The summed E-state index contributed by atoms with van der Waals surface area (Å²) in [5.41, 5.74) is 1.21. The molecule has 2 nitrogen and oxygen atoms in total. The molecule has 0 aliphatic rings. The molecule has 0 saturated carbocycles. The highest BCUT2D eigenvalue weighted by molar-refractivity contribution is 6.31. The summed E-state index contributed by atoms with van der Waals surface area (Å²) in [4.78, 5) is 0. The van der Waals surface area contributed by atoms with E-state index in [0.29, 0.717) is 11.8 Å². The summed E-state index contributed by atoms with van der Waals surface area (Å²) in [7, 11) is 0. The zero-order chi connectivity index (χ0) is 15.1. The lowest BCUT2D eigenvalue weighted by molar-refractivity contribution is 0.404. The number of benzene rings is 1. The van der Waals surface area contributed by atoms with E-state index in [1.807, 2.05) is 30.3 Å². The van der Waals surface area contributed by atoms with Gasteiger partial charge in [-0.3, -0.25) is 0 Å². The lowest BCUT2D eigenvalue weighted by Gasteiger charge is -2.18. The van der Waals surface area contributed by atoms with Crippen molar-refractivity contribution in [2.24, 2.45) is 11.8 Å². The van der Waals surface area contributed by atoms with Gasteiger partial charge in [0.05, 0.1) is 6.26 Å². The van der Waals surface area contributed by atoms with Crippen molar-refractivity contribution in [2.75, 3.05) is 13.1 Å². The summed E-state index contributed by atoms with van der Waals surface area (Å²) in [5, 5.41) is 4.40. The van der Waals surface area contributed by atoms with Crippen LogP contribution in [0.1, 0.15) is 25.2 Å². The highest BCUT2D eigenvalue weighted by Gasteiger charge is 2.14. The van der Waals surface area contributed by atoms with Crippen LogP contribution in [0, 0.1) is 11.8 Å². The van der Waals surface area contributed by atoms with Gasteiger partial charge in [-0.1, -0.05) is 43.6 Å². The van der Waals surface area contributed by atoms with Crippen molar-refractivity contribution in [3.63, 3.8) is 0 Å². The molecule has 0 spiro atoms. The van der Waals surface area contributed by atoms with Crippen LogP contribution in [0.5, 0.6) is 0 Å². The normalized spacial score (nSPS) is 12.8. The lowest BCUT2D eigenvalue weighted by Crippen LogP contribution is -2.28. The molecule has 0 radical (unpaired) electrons. The summed E-state index contributed by atoms with van der Waals surface area (Å²) < 4.78 is 5.50. The van der Waals surface area contributed by atoms with Gasteiger partial charge in [0, 0.05) is 11.4 Å². The van der Waals surface area contributed by atoms with Crippen molar-refractivity contribution in [2.45, 2.75) is 26.7 Å². The van der Waals surface area contributed by atoms with Crippen LogP contribution >= 0.6 is 11.6 Å². The minimum Gasteiger partial charge on any atom is -0.469 e. The van der Waals surface area contributed by atoms with Gasteiger partial charge in [0.15, 0.2) is 0 Å². The molecular weight excluding hydrogens is 282 g/mol. The van der Waals surface area contributed by atoms with Gasteiger partial charge < -0.3 is 9.73 Å². The van der Waals surface area contributed by atoms with Crippen LogP contribution in [0.2, 0.25) is 5.02 Å². The Balaban J connectivity index is 1.98. The predicted octanol–water partition coefficient (Wildman–Crippen LogP) is 4.58. The Bertz CT molecular complexity index is 522. The van der Waals surface area contributed by atoms with E-state index in [1.165, 1.54) is 5.56 Å². The molecule has 21 heavy (non-hydrogen) atoms. The van der Waals surface area contributed by atoms with E-state index in [-0.39, 0.29) is 0 Å². The van der Waals surface area contributed by atoms with Gasteiger partial charge in [-0.05, 0) is 55.1 Å². The summed E-state index contributed by atoms with van der Waals surface area (Å²) in [6.45, 7) is 6.46. The van der Waals surface area contributed by atoms with Crippen LogP contribution in [0.3, 0.4) is 0 Å². The first kappa shape index (κ1) is 16.1. The van der Waals surface area contributed by atoms with E-state index in [1.54, 1.807) is 6.26 Å². The third-order valence-corrected chi connectivity index (χ3v) is 3.89. The summed E-state index contributed by atoms with van der Waals surface area (Å²) in [6, 6.07) is 12.1. The van der Waals surface area contributed by atoms with E-state index in [2.05, 4.69) is 25.2 Å². The third kappa shape index (κ3) is 5.56. The summed E-state index contributed by atoms with van der Waals surface area (Å²) >= 11 is 6.29. The Morgan fingerprint density at radius 3 is 2.52 bits per heavy atom. The monoisotopic (exact) mass is 305 g/mol. The fraction of sp³-hybridized carbons (Fsp3) is 0.444. The summed E-state index contributed by atoms with van der Waals surface area (Å²) in [6.07, 6.45) is 3.64. The molecule has 0 fully saturated rings. The maximum absolute atomic E-state index is 6.29. The molecule has 0 saturated heterocycles. The molecule has 1 aromatic carbocycles. The molecule has 2 aromatic rings. The lowest BCUT2D eigenvalue weighted by atomic mass is 9.94. The van der Waals surface area contributed by atoms with Gasteiger partial charge >= 0.3 is 0 Å². The first-order valence-corrected chi connectivity index (χ1v) is 7.99. The molecule has 1 aromatic heterocycles. The minimum absolute atomic E-state index is 0.481. The maximum atomic E-state index is 6.29. The fourth-order valence-electron chi connectivity index (χ4n) is 2.48. The van der Waals surface area contributed by atoms with E-state index in [0.717, 1.165) is 36.7 Å². The van der Waals surface area contributed by atoms with E-state index >= 15 is 0 Å². The molecule has 2 rings (SSSR count). The van der Waals surface area contributed by atoms with Gasteiger partial charge in [0.25, 0.3) is 0 Å². The van der Waals surface area contributed by atoms with Crippen LogP contribution in [-0.4, -0.2) is 13.1 Å². The number of rotatable bonds is 8. The van der Waals surface area contributed by atoms with Crippen molar-refractivity contribution in [3.05, 3.63) is 59.0 Å². The first-order valence-electron chi connectivity index (χ1n) is 7.61. The average molecular weight is 306 g/mol. The van der Waals surface area contributed by atoms with Crippen molar-refractivity contribution in [1.29, 1.82) is 0 Å². The van der Waals surface area contributed by atoms with Crippen LogP contribution in [0.25, 0.3) is 0 Å². The van der Waals surface area contributed by atoms with Crippen molar-refractivity contribution < 1.29 is 4.42 Å². The quantitative estimate of drug-likeness (QED) is 0.772. The Morgan fingerprint density at radius 2 is 1.86 bits per heavy atom. The Labute approximate surface area is 132 Å². The SMILES string of the molecule is CC(C)CNCC(Cc1ccco1)Cc1ccccc1Cl. The van der Waals surface area contributed by atoms with Gasteiger partial charge in [-0.25, -0.2) is 0 Å². The fourth-order valence-corrected chi connectivity index (χ4v) is 2.69. The molecule has 1 atom stereocenters. The largest absolute Gasteiger partial charge is 0.469 e. The molecule has 1 unspecified atom stereocenters. The molecule has 114 valence electrons. The van der Waals surface area contributed by atoms with Gasteiger partial charge in [0.1, 0.15) is 5.76 Å². The third-order valence-electron chi connectivity index (χ3n) is 3.52. The Kier molecular flexibility index (Phi) is 6.34. The van der Waals surface area contributed by atoms with Crippen LogP contribution < -0.4 is 5.32 Å². The average Bonchev–Trinajstić information content (AvgIpc) is 2.93. The number of halogens is 1. The molecule has 1 heterocycles. The molecule has 1 N–H and O–H groups in total. The smallest absolute Gasteiger partial charge is 0.104 e. The molecule has 0 amide bonds. The highest BCUT2D eigenvalue weighted by atomic mass is 35.5. The second kappa shape index (κ2) is 8.26. The Morgan fingerprint density at radius 1 is 1.05 bits per heavy atom. The van der Waals surface area contributed by atoms with Crippen molar-refractivity contribution >= 4 is 11.6 Å². The predicted molar refractivity (Wildman–Crippen MR) is 88.8 cm³/mol. The van der Waals surface area contributed by atoms with E-state index in [9.17, 15) is 0 Å². The number of furan rings is 1. The summed E-state index contributed by atoms with van der Waals surface area (Å²) in [5.74, 6) is 2.18. The number of hydrogen-bond acceptors (Lipinski definition) is 2. The van der Waals surface area contributed by atoms with Crippen LogP contribution in [-0.2, 0) is 12.8 Å². The van der Waals surface area contributed by atoms with Crippen molar-refractivity contribution in [3.8, 4) is 0 Å². The van der Waals surface area contributed by atoms with E-state index in [4.69, 9.17) is 16.0 Å². The standard InChI is InChI=1S/C18H24ClNO/c1-14(2)12-20-13-15(11-17-7-5-9-21-17)10-16-6-3-4-8-18(16)19/h3-9,14-15,20H,10-13H2,1-2H3. The number of hydrogen-bond donors (Lipinski definition) is 1. The molecule has 0 aliphatic carbocycles. The van der Waals surface area contributed by atoms with Crippen molar-refractivity contribution in [1.82, 2.24) is 5.32 Å². The highest BCUT2D eigenvalue weighted by Crippen LogP contribution is 2.21. The van der Waals surface area contributed by atoms with Gasteiger partial charge in [-0.15, -0.1) is 0 Å². The zero-order valence-corrected chi connectivity index (χ0v) is 13.6. The zero-order valence-electron chi connectivity index (χ0n) is 12.8. The second-order valence-electron chi connectivity index (χ2n) is 6.00. The Hall–Kier alpha value is -1.25. The number of nitrogens with one attached hydrogen (secondary N) is 1. The van der Waals surface area contributed by atoms with Crippen LogP contribution in [0.4, 0.5) is 0 Å². The molecule has 0 bridgehead atoms. The molecular formula is C18H24ClNO. The molecule has 0 aliphatic heterocycles. The topological polar surface area (TPSA) is 25.2 Å². The van der Waals surface area contributed by atoms with E-state index < -0.39 is 0 Å². The van der Waals surface area contributed by atoms with Gasteiger partial charge in [-0.2, -0.15) is 0 Å². The van der Waals surface area contributed by atoms with Gasteiger partial charge in [0.2, 0.25) is 0 Å². The minimum atomic E-state index is 0.481. The maximum Gasteiger partial charge on any atom is 0.104 e. The molecule has 3 heteroatoms. The second-order valence-corrected chi connectivity index (χ2v) is 6.40. The van der Waals surface area contributed by atoms with Crippen LogP contribution in [0.15, 0.2) is 47.1 Å². The first-order chi connectivity index (χ1) is 10.1.